The number of aliphatic carboxylic acids is 1. The van der Waals surface area contributed by atoms with E-state index >= 15 is 0 Å². The SMILES string of the molecule is Cc1cc(C(=O)NC(C(=O)O)C(C)O)ccc1N. The molecule has 0 heterocycles. The van der Waals surface area contributed by atoms with Crippen molar-refractivity contribution in [2.24, 2.45) is 0 Å². The van der Waals surface area contributed by atoms with E-state index in [1.54, 1.807) is 19.1 Å². The second-order valence-electron chi connectivity index (χ2n) is 4.10. The molecule has 0 fully saturated rings. The molecule has 0 spiro atoms. The second-order valence-corrected chi connectivity index (χ2v) is 4.10. The number of carboxylic acid groups (broad SMARTS) is 1. The Kier molecular flexibility index (Phi) is 4.28. The first kappa shape index (κ1) is 14.0. The fraction of sp³-hybridized carbons (Fsp3) is 0.333. The van der Waals surface area contributed by atoms with Crippen molar-refractivity contribution in [1.29, 1.82) is 0 Å². The molecule has 6 heteroatoms. The fourth-order valence-electron chi connectivity index (χ4n) is 1.43. The van der Waals surface area contributed by atoms with E-state index in [0.717, 1.165) is 5.56 Å². The Bertz CT molecular complexity index is 471. The lowest BCUT2D eigenvalue weighted by Crippen LogP contribution is -2.47. The summed E-state index contributed by atoms with van der Waals surface area (Å²) in [5.74, 6) is -1.85. The number of nitrogen functional groups attached to an aromatic ring is 1. The highest BCUT2D eigenvalue weighted by atomic mass is 16.4. The number of carbonyl (C=O) groups is 2. The summed E-state index contributed by atoms with van der Waals surface area (Å²) in [7, 11) is 0. The van der Waals surface area contributed by atoms with E-state index in [9.17, 15) is 14.7 Å². The first-order valence-electron chi connectivity index (χ1n) is 5.40. The minimum Gasteiger partial charge on any atom is -0.480 e. The van der Waals surface area contributed by atoms with Crippen LogP contribution in [0, 0.1) is 6.92 Å². The molecule has 0 aliphatic heterocycles. The second kappa shape index (κ2) is 5.50. The van der Waals surface area contributed by atoms with Gasteiger partial charge >= 0.3 is 5.97 Å². The zero-order valence-electron chi connectivity index (χ0n) is 10.2. The average molecular weight is 252 g/mol. The Balaban J connectivity index is 2.87. The van der Waals surface area contributed by atoms with E-state index in [-0.39, 0.29) is 0 Å². The molecule has 0 saturated heterocycles. The van der Waals surface area contributed by atoms with Gasteiger partial charge in [0.2, 0.25) is 0 Å². The number of nitrogens with one attached hydrogen (secondary N) is 1. The van der Waals surface area contributed by atoms with Crippen LogP contribution in [0.25, 0.3) is 0 Å². The number of amides is 1. The Hall–Kier alpha value is -2.08. The van der Waals surface area contributed by atoms with Gasteiger partial charge in [0, 0.05) is 11.3 Å². The molecule has 1 amide bonds. The van der Waals surface area contributed by atoms with Crippen molar-refractivity contribution in [3.8, 4) is 0 Å². The van der Waals surface area contributed by atoms with Crippen LogP contribution in [0.3, 0.4) is 0 Å². The minimum atomic E-state index is -1.34. The van der Waals surface area contributed by atoms with E-state index in [0.29, 0.717) is 11.3 Å². The quantitative estimate of drug-likeness (QED) is 0.569. The van der Waals surface area contributed by atoms with Crippen LogP contribution >= 0.6 is 0 Å². The Morgan fingerprint density at radius 3 is 2.44 bits per heavy atom. The van der Waals surface area contributed by atoms with Crippen molar-refractivity contribution in [3.05, 3.63) is 29.3 Å². The number of anilines is 1. The van der Waals surface area contributed by atoms with Gasteiger partial charge in [-0.25, -0.2) is 4.79 Å². The predicted octanol–water partition coefficient (Wildman–Crippen LogP) is 0.141. The summed E-state index contributed by atoms with van der Waals surface area (Å²) in [6.45, 7) is 3.04. The maximum Gasteiger partial charge on any atom is 0.328 e. The molecule has 98 valence electrons. The first-order chi connectivity index (χ1) is 8.32. The van der Waals surface area contributed by atoms with Crippen molar-refractivity contribution in [2.45, 2.75) is 26.0 Å². The summed E-state index contributed by atoms with van der Waals surface area (Å²) >= 11 is 0. The summed E-state index contributed by atoms with van der Waals surface area (Å²) in [4.78, 5) is 22.6. The van der Waals surface area contributed by atoms with Gasteiger partial charge < -0.3 is 21.3 Å². The van der Waals surface area contributed by atoms with Gasteiger partial charge in [0.25, 0.3) is 5.91 Å². The van der Waals surface area contributed by atoms with Gasteiger partial charge in [0.15, 0.2) is 6.04 Å². The highest BCUT2D eigenvalue weighted by Gasteiger charge is 2.25. The molecule has 1 aromatic carbocycles. The van der Waals surface area contributed by atoms with Gasteiger partial charge in [-0.3, -0.25) is 4.79 Å². The standard InChI is InChI=1S/C12H16N2O4/c1-6-5-8(3-4-9(6)13)11(16)14-10(7(2)15)12(17)18/h3-5,7,10,15H,13H2,1-2H3,(H,14,16)(H,17,18). The molecule has 1 rings (SSSR count). The van der Waals surface area contributed by atoms with Crippen molar-refractivity contribution >= 4 is 17.6 Å². The third-order valence-corrected chi connectivity index (χ3v) is 2.57. The van der Waals surface area contributed by atoms with E-state index < -0.39 is 24.0 Å². The van der Waals surface area contributed by atoms with E-state index in [1.807, 2.05) is 0 Å². The summed E-state index contributed by atoms with van der Waals surface area (Å²) in [6.07, 6.45) is -1.18. The molecular weight excluding hydrogens is 236 g/mol. The van der Waals surface area contributed by atoms with Gasteiger partial charge in [-0.2, -0.15) is 0 Å². The zero-order chi connectivity index (χ0) is 13.9. The van der Waals surface area contributed by atoms with Crippen molar-refractivity contribution in [2.75, 3.05) is 5.73 Å². The van der Waals surface area contributed by atoms with Gasteiger partial charge in [-0.15, -0.1) is 0 Å². The van der Waals surface area contributed by atoms with Crippen LogP contribution < -0.4 is 11.1 Å². The summed E-state index contributed by atoms with van der Waals surface area (Å²) in [5.41, 5.74) is 7.20. The highest BCUT2D eigenvalue weighted by molar-refractivity contribution is 5.97. The Morgan fingerprint density at radius 2 is 2.00 bits per heavy atom. The van der Waals surface area contributed by atoms with Gasteiger partial charge in [-0.05, 0) is 37.6 Å². The largest absolute Gasteiger partial charge is 0.480 e. The number of nitrogens with two attached hydrogens (primary N) is 1. The lowest BCUT2D eigenvalue weighted by molar-refractivity contribution is -0.141. The molecule has 5 N–H and O–H groups in total. The van der Waals surface area contributed by atoms with Crippen LogP contribution in [-0.4, -0.2) is 34.2 Å². The van der Waals surface area contributed by atoms with Crippen LogP contribution in [0.1, 0.15) is 22.8 Å². The molecule has 0 radical (unpaired) electrons. The van der Waals surface area contributed by atoms with E-state index in [4.69, 9.17) is 10.8 Å². The molecule has 2 unspecified atom stereocenters. The zero-order valence-corrected chi connectivity index (χ0v) is 10.2. The molecule has 1 aromatic rings. The number of aliphatic hydroxyl groups is 1. The van der Waals surface area contributed by atoms with Crippen molar-refractivity contribution in [1.82, 2.24) is 5.32 Å². The molecule has 6 nitrogen and oxygen atoms in total. The molecular formula is C12H16N2O4. The smallest absolute Gasteiger partial charge is 0.328 e. The lowest BCUT2D eigenvalue weighted by Gasteiger charge is -2.17. The van der Waals surface area contributed by atoms with Crippen LogP contribution in [-0.2, 0) is 4.79 Å². The average Bonchev–Trinajstić information content (AvgIpc) is 2.28. The van der Waals surface area contributed by atoms with Crippen molar-refractivity contribution < 1.29 is 19.8 Å². The van der Waals surface area contributed by atoms with Crippen LogP contribution in [0.5, 0.6) is 0 Å². The number of aryl methyl sites for hydroxylation is 1. The normalized spacial score (nSPS) is 13.7. The molecule has 0 aliphatic carbocycles. The predicted molar refractivity (Wildman–Crippen MR) is 66.2 cm³/mol. The number of hydrogen-bond donors (Lipinski definition) is 4. The molecule has 2 atom stereocenters. The summed E-state index contributed by atoms with van der Waals surface area (Å²) in [5, 5.41) is 20.4. The van der Waals surface area contributed by atoms with Gasteiger partial charge in [0.05, 0.1) is 6.10 Å². The third-order valence-electron chi connectivity index (χ3n) is 2.57. The lowest BCUT2D eigenvalue weighted by atomic mass is 10.1. The number of carbonyl (C=O) groups excluding carboxylic acids is 1. The van der Waals surface area contributed by atoms with Crippen molar-refractivity contribution in [3.63, 3.8) is 0 Å². The number of benzene rings is 1. The summed E-state index contributed by atoms with van der Waals surface area (Å²) in [6, 6.07) is 3.29. The number of aliphatic hydroxyl groups excluding tert-OH is 1. The number of hydrogen-bond acceptors (Lipinski definition) is 4. The van der Waals surface area contributed by atoms with Crippen LogP contribution in [0.15, 0.2) is 18.2 Å². The maximum absolute atomic E-state index is 11.8. The van der Waals surface area contributed by atoms with E-state index in [1.165, 1.54) is 13.0 Å². The first-order valence-corrected chi connectivity index (χ1v) is 5.40. The number of carboxylic acids is 1. The Labute approximate surface area is 104 Å². The van der Waals surface area contributed by atoms with Gasteiger partial charge in [-0.1, -0.05) is 0 Å². The molecule has 0 aliphatic rings. The van der Waals surface area contributed by atoms with Crippen LogP contribution in [0.2, 0.25) is 0 Å². The number of rotatable bonds is 4. The summed E-state index contributed by atoms with van der Waals surface area (Å²) < 4.78 is 0. The molecule has 18 heavy (non-hydrogen) atoms. The van der Waals surface area contributed by atoms with Crippen LogP contribution in [0.4, 0.5) is 5.69 Å². The third kappa shape index (κ3) is 3.21. The fourth-order valence-corrected chi connectivity index (χ4v) is 1.43. The monoisotopic (exact) mass is 252 g/mol. The maximum atomic E-state index is 11.8. The molecule has 0 saturated carbocycles. The Morgan fingerprint density at radius 1 is 1.39 bits per heavy atom. The highest BCUT2D eigenvalue weighted by Crippen LogP contribution is 2.12. The minimum absolute atomic E-state index is 0.300. The molecule has 0 bridgehead atoms. The molecule has 0 aromatic heterocycles. The topological polar surface area (TPSA) is 113 Å². The van der Waals surface area contributed by atoms with E-state index in [2.05, 4.69) is 5.32 Å². The van der Waals surface area contributed by atoms with Gasteiger partial charge in [0.1, 0.15) is 0 Å².